The van der Waals surface area contributed by atoms with E-state index in [1.807, 2.05) is 13.8 Å². The highest BCUT2D eigenvalue weighted by molar-refractivity contribution is 5.79. The topological polar surface area (TPSA) is 20.3 Å². The van der Waals surface area contributed by atoms with Gasteiger partial charge in [0.2, 0.25) is 5.91 Å². The van der Waals surface area contributed by atoms with Gasteiger partial charge in [0.15, 0.2) is 0 Å². The first-order valence-electron chi connectivity index (χ1n) is 7.31. The van der Waals surface area contributed by atoms with Crippen molar-refractivity contribution in [2.24, 2.45) is 11.8 Å². The zero-order valence-corrected chi connectivity index (χ0v) is 12.8. The van der Waals surface area contributed by atoms with Gasteiger partial charge in [0, 0.05) is 18.0 Å². The SMILES string of the molecule is CC.CCC1CC[C@@H](C)N1C(=O)C(C)C(C)C. The van der Waals surface area contributed by atoms with Gasteiger partial charge in [-0.15, -0.1) is 0 Å². The summed E-state index contributed by atoms with van der Waals surface area (Å²) >= 11 is 0. The molecular formula is C15H31NO. The molecule has 17 heavy (non-hydrogen) atoms. The minimum absolute atomic E-state index is 0.166. The van der Waals surface area contributed by atoms with Gasteiger partial charge in [0.25, 0.3) is 0 Å². The highest BCUT2D eigenvalue weighted by atomic mass is 16.2. The predicted molar refractivity (Wildman–Crippen MR) is 75.0 cm³/mol. The summed E-state index contributed by atoms with van der Waals surface area (Å²) in [6, 6.07) is 0.942. The fourth-order valence-electron chi connectivity index (χ4n) is 2.39. The molecule has 0 aromatic rings. The summed E-state index contributed by atoms with van der Waals surface area (Å²) < 4.78 is 0. The van der Waals surface area contributed by atoms with E-state index in [0.29, 0.717) is 23.9 Å². The average Bonchev–Trinajstić information content (AvgIpc) is 2.70. The van der Waals surface area contributed by atoms with Crippen LogP contribution in [0.4, 0.5) is 0 Å². The Morgan fingerprint density at radius 3 is 2.18 bits per heavy atom. The average molecular weight is 241 g/mol. The van der Waals surface area contributed by atoms with Crippen molar-refractivity contribution in [3.05, 3.63) is 0 Å². The van der Waals surface area contributed by atoms with E-state index in [1.54, 1.807) is 0 Å². The molecule has 1 rings (SSSR count). The van der Waals surface area contributed by atoms with E-state index in [0.717, 1.165) is 6.42 Å². The molecule has 1 saturated heterocycles. The second-order valence-electron chi connectivity index (χ2n) is 5.27. The molecule has 0 spiro atoms. The summed E-state index contributed by atoms with van der Waals surface area (Å²) in [5, 5.41) is 0. The lowest BCUT2D eigenvalue weighted by Gasteiger charge is -2.31. The molecule has 2 nitrogen and oxygen atoms in total. The Labute approximate surface area is 108 Å². The van der Waals surface area contributed by atoms with Crippen LogP contribution in [-0.2, 0) is 4.79 Å². The lowest BCUT2D eigenvalue weighted by molar-refractivity contribution is -0.139. The summed E-state index contributed by atoms with van der Waals surface area (Å²) in [6.07, 6.45) is 3.46. The zero-order valence-electron chi connectivity index (χ0n) is 12.8. The van der Waals surface area contributed by atoms with Crippen molar-refractivity contribution in [1.82, 2.24) is 4.90 Å². The van der Waals surface area contributed by atoms with E-state index in [1.165, 1.54) is 12.8 Å². The van der Waals surface area contributed by atoms with Crippen molar-refractivity contribution < 1.29 is 4.79 Å². The van der Waals surface area contributed by atoms with Crippen LogP contribution in [0, 0.1) is 11.8 Å². The van der Waals surface area contributed by atoms with E-state index in [2.05, 4.69) is 39.5 Å². The van der Waals surface area contributed by atoms with Crippen LogP contribution in [0.3, 0.4) is 0 Å². The lowest BCUT2D eigenvalue weighted by atomic mass is 9.96. The quantitative estimate of drug-likeness (QED) is 0.728. The van der Waals surface area contributed by atoms with Gasteiger partial charge in [-0.25, -0.2) is 0 Å². The molecule has 1 aliphatic heterocycles. The Bertz CT molecular complexity index is 225. The number of hydrogen-bond donors (Lipinski definition) is 0. The van der Waals surface area contributed by atoms with Crippen LogP contribution >= 0.6 is 0 Å². The molecule has 2 unspecified atom stereocenters. The monoisotopic (exact) mass is 241 g/mol. The second-order valence-corrected chi connectivity index (χ2v) is 5.27. The van der Waals surface area contributed by atoms with Crippen LogP contribution in [0.1, 0.15) is 67.7 Å². The first-order valence-corrected chi connectivity index (χ1v) is 7.31. The Morgan fingerprint density at radius 1 is 1.24 bits per heavy atom. The summed E-state index contributed by atoms with van der Waals surface area (Å²) in [7, 11) is 0. The molecule has 102 valence electrons. The van der Waals surface area contributed by atoms with Gasteiger partial charge in [0.05, 0.1) is 0 Å². The number of likely N-dealkylation sites (tertiary alicyclic amines) is 1. The van der Waals surface area contributed by atoms with Gasteiger partial charge in [-0.2, -0.15) is 0 Å². The Kier molecular flexibility index (Phi) is 7.49. The van der Waals surface area contributed by atoms with Crippen molar-refractivity contribution in [1.29, 1.82) is 0 Å². The molecule has 0 saturated carbocycles. The molecule has 1 fully saturated rings. The maximum atomic E-state index is 12.3. The largest absolute Gasteiger partial charge is 0.337 e. The number of rotatable bonds is 3. The van der Waals surface area contributed by atoms with Gasteiger partial charge in [-0.3, -0.25) is 4.79 Å². The van der Waals surface area contributed by atoms with Crippen LogP contribution in [0.2, 0.25) is 0 Å². The maximum Gasteiger partial charge on any atom is 0.226 e. The number of carbonyl (C=O) groups excluding carboxylic acids is 1. The van der Waals surface area contributed by atoms with Crippen molar-refractivity contribution >= 4 is 5.91 Å². The van der Waals surface area contributed by atoms with Gasteiger partial charge in [0.1, 0.15) is 0 Å². The summed E-state index contributed by atoms with van der Waals surface area (Å²) in [4.78, 5) is 14.4. The smallest absolute Gasteiger partial charge is 0.226 e. The first kappa shape index (κ1) is 16.5. The normalized spacial score (nSPS) is 25.5. The standard InChI is InChI=1S/C13H25NO.C2H6/c1-6-12-8-7-10(4)14(12)13(15)11(5)9(2)3;1-2/h9-12H,6-8H2,1-5H3;1-2H3/t10-,11?,12?;/m1./s1. The molecule has 3 atom stereocenters. The first-order chi connectivity index (χ1) is 7.99. The minimum Gasteiger partial charge on any atom is -0.337 e. The molecule has 2 heteroatoms. The fourth-order valence-corrected chi connectivity index (χ4v) is 2.39. The molecule has 1 amide bonds. The van der Waals surface area contributed by atoms with E-state index >= 15 is 0 Å². The molecule has 0 N–H and O–H groups in total. The van der Waals surface area contributed by atoms with Crippen molar-refractivity contribution in [2.75, 3.05) is 0 Å². The zero-order chi connectivity index (χ0) is 13.6. The van der Waals surface area contributed by atoms with Crippen LogP contribution in [0.15, 0.2) is 0 Å². The van der Waals surface area contributed by atoms with Crippen LogP contribution in [0.5, 0.6) is 0 Å². The van der Waals surface area contributed by atoms with Gasteiger partial charge in [-0.1, -0.05) is 41.5 Å². The van der Waals surface area contributed by atoms with Crippen LogP contribution < -0.4 is 0 Å². The van der Waals surface area contributed by atoms with Crippen molar-refractivity contribution in [3.8, 4) is 0 Å². The molecule has 0 aromatic carbocycles. The Hall–Kier alpha value is -0.530. The Balaban J connectivity index is 0.00000121. The molecular weight excluding hydrogens is 210 g/mol. The van der Waals surface area contributed by atoms with Crippen molar-refractivity contribution in [2.45, 2.75) is 79.8 Å². The van der Waals surface area contributed by atoms with Crippen LogP contribution in [-0.4, -0.2) is 22.9 Å². The predicted octanol–water partition coefficient (Wildman–Crippen LogP) is 4.09. The van der Waals surface area contributed by atoms with E-state index in [4.69, 9.17) is 0 Å². The van der Waals surface area contributed by atoms with E-state index < -0.39 is 0 Å². The van der Waals surface area contributed by atoms with Gasteiger partial charge < -0.3 is 4.90 Å². The fraction of sp³-hybridized carbons (Fsp3) is 0.933. The molecule has 1 heterocycles. The minimum atomic E-state index is 0.166. The summed E-state index contributed by atoms with van der Waals surface area (Å²) in [5.74, 6) is 0.976. The summed E-state index contributed by atoms with van der Waals surface area (Å²) in [6.45, 7) is 14.7. The second kappa shape index (κ2) is 7.73. The number of hydrogen-bond acceptors (Lipinski definition) is 1. The molecule has 0 radical (unpaired) electrons. The number of nitrogens with zero attached hydrogens (tertiary/aromatic N) is 1. The highest BCUT2D eigenvalue weighted by Gasteiger charge is 2.35. The third kappa shape index (κ3) is 4.01. The third-order valence-electron chi connectivity index (χ3n) is 3.90. The molecule has 1 aliphatic rings. The van der Waals surface area contributed by atoms with Gasteiger partial charge in [-0.05, 0) is 32.1 Å². The number of amides is 1. The van der Waals surface area contributed by atoms with E-state index in [9.17, 15) is 4.79 Å². The van der Waals surface area contributed by atoms with Gasteiger partial charge >= 0.3 is 0 Å². The molecule has 0 bridgehead atoms. The molecule has 0 aromatic heterocycles. The van der Waals surface area contributed by atoms with E-state index in [-0.39, 0.29) is 5.92 Å². The third-order valence-corrected chi connectivity index (χ3v) is 3.90. The summed E-state index contributed by atoms with van der Waals surface area (Å²) in [5.41, 5.74) is 0. The number of carbonyl (C=O) groups is 1. The molecule has 0 aliphatic carbocycles. The highest BCUT2D eigenvalue weighted by Crippen LogP contribution is 2.29. The van der Waals surface area contributed by atoms with Crippen molar-refractivity contribution in [3.63, 3.8) is 0 Å². The lowest BCUT2D eigenvalue weighted by Crippen LogP contribution is -2.43. The Morgan fingerprint density at radius 2 is 1.76 bits per heavy atom. The maximum absolute atomic E-state index is 12.3. The van der Waals surface area contributed by atoms with Crippen LogP contribution in [0.25, 0.3) is 0 Å².